The summed E-state index contributed by atoms with van der Waals surface area (Å²) in [5.74, 6) is 0. The van der Waals surface area contributed by atoms with E-state index in [-0.39, 0.29) is 30.4 Å². The van der Waals surface area contributed by atoms with Gasteiger partial charge in [-0.3, -0.25) is 0 Å². The fourth-order valence-electron chi connectivity index (χ4n) is 1.97. The number of rotatable bonds is 4. The third kappa shape index (κ3) is 5.16. The van der Waals surface area contributed by atoms with E-state index in [1.165, 1.54) is 10.4 Å². The van der Waals surface area contributed by atoms with E-state index in [1.54, 1.807) is 0 Å². The Morgan fingerprint density at radius 1 is 0.857 bits per heavy atom. The molecule has 0 fully saturated rings. The first-order valence-corrected chi connectivity index (χ1v) is 8.69. The van der Waals surface area contributed by atoms with E-state index in [0.717, 1.165) is 0 Å². The first-order chi connectivity index (χ1) is 9.48. The minimum Gasteiger partial charge on any atom is -0.439 e. The summed E-state index contributed by atoms with van der Waals surface area (Å²) in [6.45, 7) is 10.7. The van der Waals surface area contributed by atoms with Crippen molar-refractivity contribution in [1.29, 1.82) is 0 Å². The molecule has 106 valence electrons. The monoisotopic (exact) mass is 290 g/mol. The maximum Gasteiger partial charge on any atom is 1.00 e. The first-order valence-electron chi connectivity index (χ1n) is 7.07. The van der Waals surface area contributed by atoms with Crippen molar-refractivity contribution in [2.24, 2.45) is 5.41 Å². The van der Waals surface area contributed by atoms with Crippen LogP contribution in [0.4, 0.5) is 0 Å². The Hall–Kier alpha value is -0.786. The predicted octanol–water partition coefficient (Wildman–Crippen LogP) is -0.206. The van der Waals surface area contributed by atoms with Gasteiger partial charge in [-0.05, 0) is 15.8 Å². The summed E-state index contributed by atoms with van der Waals surface area (Å²) < 4.78 is 6.41. The molecule has 2 aromatic carbocycles. The van der Waals surface area contributed by atoms with Gasteiger partial charge < -0.3 is 11.3 Å². The van der Waals surface area contributed by atoms with Crippen molar-refractivity contribution in [3.05, 3.63) is 67.6 Å². The van der Waals surface area contributed by atoms with Crippen molar-refractivity contribution >= 4 is 19.4 Å². The van der Waals surface area contributed by atoms with Crippen LogP contribution in [0.25, 0.3) is 0 Å². The normalized spacial score (nSPS) is 12.8. The van der Waals surface area contributed by atoms with Crippen molar-refractivity contribution < 1.29 is 23.3 Å². The zero-order valence-corrected chi connectivity index (χ0v) is 14.7. The molecule has 3 heteroatoms. The third-order valence-electron chi connectivity index (χ3n) is 3.47. The van der Waals surface area contributed by atoms with Crippen molar-refractivity contribution in [1.82, 2.24) is 0 Å². The number of hydrogen-bond acceptors (Lipinski definition) is 1. The molecule has 0 aliphatic rings. The molecule has 1 nitrogen and oxygen atoms in total. The average molecular weight is 290 g/mol. The molecule has 1 unspecified atom stereocenters. The van der Waals surface area contributed by atoms with Crippen LogP contribution in [-0.2, 0) is 4.43 Å². The molecule has 0 radical (unpaired) electrons. The van der Waals surface area contributed by atoms with Gasteiger partial charge in [0.15, 0.2) is 0 Å². The van der Waals surface area contributed by atoms with Gasteiger partial charge in [-0.1, -0.05) is 87.5 Å². The Morgan fingerprint density at radius 3 is 1.57 bits per heavy atom. The van der Waals surface area contributed by atoms with Crippen LogP contribution in [0.3, 0.4) is 0 Å². The van der Waals surface area contributed by atoms with Gasteiger partial charge in [-0.2, -0.15) is 0 Å². The SMILES string of the molecule is [CH2-]C(O[SiH](c1ccccc1)c1ccccc1)C(C)(C)C.[Li+]. The fraction of sp³-hybridized carbons (Fsp3) is 0.278. The van der Waals surface area contributed by atoms with E-state index in [9.17, 15) is 0 Å². The summed E-state index contributed by atoms with van der Waals surface area (Å²) in [7, 11) is -1.67. The third-order valence-corrected chi connectivity index (χ3v) is 6.05. The van der Waals surface area contributed by atoms with Crippen molar-refractivity contribution in [2.45, 2.75) is 26.9 Å². The summed E-state index contributed by atoms with van der Waals surface area (Å²) in [6, 6.07) is 21.1. The molecule has 0 bridgehead atoms. The second kappa shape index (κ2) is 8.01. The predicted molar refractivity (Wildman–Crippen MR) is 89.0 cm³/mol. The number of benzene rings is 2. The van der Waals surface area contributed by atoms with Crippen molar-refractivity contribution in [2.75, 3.05) is 0 Å². The molecule has 0 saturated carbocycles. The topological polar surface area (TPSA) is 9.23 Å². The van der Waals surface area contributed by atoms with Crippen LogP contribution in [0, 0.1) is 12.3 Å². The summed E-state index contributed by atoms with van der Waals surface area (Å²) in [4.78, 5) is 0. The molecule has 0 amide bonds. The van der Waals surface area contributed by atoms with Crippen LogP contribution >= 0.6 is 0 Å². The first kappa shape index (κ1) is 18.3. The average Bonchev–Trinajstić information content (AvgIpc) is 2.45. The summed E-state index contributed by atoms with van der Waals surface area (Å²) in [5, 5.41) is 2.60. The Kier molecular flexibility index (Phi) is 6.96. The van der Waals surface area contributed by atoms with Gasteiger partial charge in [0, 0.05) is 0 Å². The van der Waals surface area contributed by atoms with Crippen LogP contribution < -0.4 is 29.2 Å². The Morgan fingerprint density at radius 2 is 1.24 bits per heavy atom. The quantitative estimate of drug-likeness (QED) is 0.559. The molecule has 0 heterocycles. The smallest absolute Gasteiger partial charge is 0.439 e. The molecule has 2 aromatic rings. The molecular formula is C18H23LiOSi. The molecule has 21 heavy (non-hydrogen) atoms. The molecular weight excluding hydrogens is 267 g/mol. The Bertz CT molecular complexity index is 482. The minimum atomic E-state index is -1.67. The van der Waals surface area contributed by atoms with Crippen molar-refractivity contribution in [3.63, 3.8) is 0 Å². The van der Waals surface area contributed by atoms with Gasteiger partial charge in [0.05, 0.1) is 0 Å². The molecule has 0 saturated heterocycles. The summed E-state index contributed by atoms with van der Waals surface area (Å²) in [6.07, 6.45) is -0.0143. The fourth-order valence-corrected chi connectivity index (χ4v) is 4.55. The van der Waals surface area contributed by atoms with E-state index in [0.29, 0.717) is 0 Å². The van der Waals surface area contributed by atoms with Crippen LogP contribution in [0.2, 0.25) is 0 Å². The number of hydrogen-bond donors (Lipinski definition) is 0. The van der Waals surface area contributed by atoms with Crippen LogP contribution in [0.5, 0.6) is 0 Å². The molecule has 0 N–H and O–H groups in total. The van der Waals surface area contributed by atoms with E-state index in [4.69, 9.17) is 4.43 Å². The van der Waals surface area contributed by atoms with Crippen LogP contribution in [-0.4, -0.2) is 15.1 Å². The molecule has 2 rings (SSSR count). The maximum absolute atomic E-state index is 6.41. The van der Waals surface area contributed by atoms with E-state index >= 15 is 0 Å². The molecule has 0 aliphatic heterocycles. The zero-order chi connectivity index (χ0) is 14.6. The largest absolute Gasteiger partial charge is 1.00 e. The summed E-state index contributed by atoms with van der Waals surface area (Å²) >= 11 is 0. The Labute approximate surface area is 142 Å². The van der Waals surface area contributed by atoms with E-state index < -0.39 is 9.04 Å². The van der Waals surface area contributed by atoms with Gasteiger partial charge in [-0.25, -0.2) is 0 Å². The molecule has 1 atom stereocenters. The molecule has 0 aromatic heterocycles. The van der Waals surface area contributed by atoms with Gasteiger partial charge >= 0.3 is 18.9 Å². The second-order valence-corrected chi connectivity index (χ2v) is 8.56. The minimum absolute atomic E-state index is 0. The van der Waals surface area contributed by atoms with Gasteiger partial charge in [0.2, 0.25) is 9.04 Å². The zero-order valence-electron chi connectivity index (χ0n) is 13.5. The maximum atomic E-state index is 6.41. The van der Waals surface area contributed by atoms with Gasteiger partial charge in [-0.15, -0.1) is 0 Å². The second-order valence-electron chi connectivity index (χ2n) is 6.19. The van der Waals surface area contributed by atoms with E-state index in [1.807, 2.05) is 12.1 Å². The van der Waals surface area contributed by atoms with E-state index in [2.05, 4.69) is 76.2 Å². The standard InChI is InChI=1S/C18H23OSi.Li/c1-15(18(2,3)4)19-20(16-11-7-5-8-12-16)17-13-9-6-10-14-17;/h5-15,20H,1H2,2-4H3;/q-1;+1. The van der Waals surface area contributed by atoms with Gasteiger partial charge in [0.25, 0.3) is 0 Å². The van der Waals surface area contributed by atoms with Crippen molar-refractivity contribution in [3.8, 4) is 0 Å². The summed E-state index contributed by atoms with van der Waals surface area (Å²) in [5.41, 5.74) is 0.0504. The molecule has 0 spiro atoms. The Balaban J connectivity index is 0.00000220. The van der Waals surface area contributed by atoms with Gasteiger partial charge in [0.1, 0.15) is 0 Å². The van der Waals surface area contributed by atoms with Crippen LogP contribution in [0.1, 0.15) is 20.8 Å². The molecule has 0 aliphatic carbocycles. The van der Waals surface area contributed by atoms with Crippen LogP contribution in [0.15, 0.2) is 60.7 Å².